The van der Waals surface area contributed by atoms with E-state index >= 15 is 0 Å². The van der Waals surface area contributed by atoms with Crippen LogP contribution in [0.5, 0.6) is 0 Å². The van der Waals surface area contributed by atoms with Crippen LogP contribution in [0.2, 0.25) is 0 Å². The number of rotatable bonds is 3. The van der Waals surface area contributed by atoms with Gasteiger partial charge < -0.3 is 15.5 Å². The smallest absolute Gasteiger partial charge is 0.136 e. The molecular weight excluding hydrogens is 272 g/mol. The van der Waals surface area contributed by atoms with Crippen LogP contribution in [0.3, 0.4) is 0 Å². The third-order valence-corrected chi connectivity index (χ3v) is 4.92. The van der Waals surface area contributed by atoms with Gasteiger partial charge in [0, 0.05) is 54.9 Å². The highest BCUT2D eigenvalue weighted by Gasteiger charge is 2.18. The molecule has 1 saturated carbocycles. The van der Waals surface area contributed by atoms with Gasteiger partial charge in [-0.25, -0.2) is 4.98 Å². The Labute approximate surface area is 131 Å². The number of piperazine rings is 1. The number of aromatic nitrogens is 1. The molecule has 2 aromatic rings. The van der Waals surface area contributed by atoms with E-state index in [1.807, 2.05) is 6.20 Å². The fraction of sp³-hybridized carbons (Fsp3) is 0.500. The van der Waals surface area contributed by atoms with Crippen LogP contribution in [0.4, 0.5) is 11.5 Å². The van der Waals surface area contributed by atoms with Gasteiger partial charge in [0.1, 0.15) is 5.82 Å². The molecule has 0 unspecified atom stereocenters. The maximum Gasteiger partial charge on any atom is 0.136 e. The van der Waals surface area contributed by atoms with Gasteiger partial charge in [0.2, 0.25) is 0 Å². The van der Waals surface area contributed by atoms with Crippen LogP contribution in [0.25, 0.3) is 10.8 Å². The van der Waals surface area contributed by atoms with E-state index < -0.39 is 0 Å². The average molecular weight is 296 g/mol. The standard InChI is InChI=1S/C18H24N4/c1-2-5-14(4-1)21-17-7-3-6-16-15(17)8-9-20-18(16)22-12-10-19-11-13-22/h3,6-9,14,19,21H,1-2,4-5,10-13H2. The molecule has 2 fully saturated rings. The van der Waals surface area contributed by atoms with E-state index in [0.717, 1.165) is 32.0 Å². The van der Waals surface area contributed by atoms with E-state index in [-0.39, 0.29) is 0 Å². The first-order valence-electron chi connectivity index (χ1n) is 8.52. The predicted molar refractivity (Wildman–Crippen MR) is 92.7 cm³/mol. The van der Waals surface area contributed by atoms with Crippen LogP contribution >= 0.6 is 0 Å². The molecule has 0 bridgehead atoms. The molecular formula is C18H24N4. The summed E-state index contributed by atoms with van der Waals surface area (Å²) < 4.78 is 0. The van der Waals surface area contributed by atoms with Crippen LogP contribution in [0, 0.1) is 0 Å². The molecule has 4 nitrogen and oxygen atoms in total. The molecule has 0 atom stereocenters. The Morgan fingerprint density at radius 1 is 1.05 bits per heavy atom. The number of pyridine rings is 1. The summed E-state index contributed by atoms with van der Waals surface area (Å²) in [6.07, 6.45) is 7.27. The number of hydrogen-bond donors (Lipinski definition) is 2. The summed E-state index contributed by atoms with van der Waals surface area (Å²) in [4.78, 5) is 7.07. The predicted octanol–water partition coefficient (Wildman–Crippen LogP) is 3.00. The van der Waals surface area contributed by atoms with Crippen molar-refractivity contribution in [3.63, 3.8) is 0 Å². The first-order chi connectivity index (χ1) is 10.9. The Bertz CT molecular complexity index is 643. The first kappa shape index (κ1) is 13.8. The van der Waals surface area contributed by atoms with E-state index in [4.69, 9.17) is 0 Å². The Kier molecular flexibility index (Phi) is 3.85. The lowest BCUT2D eigenvalue weighted by molar-refractivity contribution is 0.586. The molecule has 1 aliphatic heterocycles. The van der Waals surface area contributed by atoms with E-state index in [1.54, 1.807) is 0 Å². The molecule has 116 valence electrons. The minimum atomic E-state index is 0.640. The second-order valence-corrected chi connectivity index (χ2v) is 6.40. The number of benzene rings is 1. The Morgan fingerprint density at radius 2 is 1.86 bits per heavy atom. The molecule has 0 amide bonds. The van der Waals surface area contributed by atoms with Crippen molar-refractivity contribution >= 4 is 22.3 Å². The monoisotopic (exact) mass is 296 g/mol. The molecule has 0 spiro atoms. The van der Waals surface area contributed by atoms with Crippen molar-refractivity contribution in [2.45, 2.75) is 31.7 Å². The highest BCUT2D eigenvalue weighted by Crippen LogP contribution is 2.32. The third-order valence-electron chi connectivity index (χ3n) is 4.92. The number of nitrogens with zero attached hydrogens (tertiary/aromatic N) is 2. The maximum absolute atomic E-state index is 4.67. The van der Waals surface area contributed by atoms with Gasteiger partial charge in [-0.05, 0) is 25.0 Å². The van der Waals surface area contributed by atoms with Gasteiger partial charge in [-0.2, -0.15) is 0 Å². The van der Waals surface area contributed by atoms with Gasteiger partial charge >= 0.3 is 0 Å². The second kappa shape index (κ2) is 6.13. The molecule has 1 aromatic carbocycles. The van der Waals surface area contributed by atoms with Gasteiger partial charge in [0.15, 0.2) is 0 Å². The molecule has 1 aromatic heterocycles. The van der Waals surface area contributed by atoms with E-state index in [2.05, 4.69) is 44.8 Å². The number of nitrogens with one attached hydrogen (secondary N) is 2. The van der Waals surface area contributed by atoms with Crippen molar-refractivity contribution in [3.8, 4) is 0 Å². The number of anilines is 2. The first-order valence-corrected chi connectivity index (χ1v) is 8.52. The van der Waals surface area contributed by atoms with Crippen LogP contribution in [0.15, 0.2) is 30.5 Å². The molecule has 1 saturated heterocycles. The van der Waals surface area contributed by atoms with Crippen LogP contribution in [0.1, 0.15) is 25.7 Å². The fourth-order valence-corrected chi connectivity index (χ4v) is 3.74. The second-order valence-electron chi connectivity index (χ2n) is 6.40. The van der Waals surface area contributed by atoms with Crippen molar-refractivity contribution in [2.75, 3.05) is 36.4 Å². The van der Waals surface area contributed by atoms with Crippen molar-refractivity contribution in [2.24, 2.45) is 0 Å². The summed E-state index contributed by atoms with van der Waals surface area (Å²) >= 11 is 0. The number of fused-ring (bicyclic) bond motifs is 1. The lowest BCUT2D eigenvalue weighted by Crippen LogP contribution is -2.43. The number of hydrogen-bond acceptors (Lipinski definition) is 4. The van der Waals surface area contributed by atoms with Gasteiger partial charge in [-0.15, -0.1) is 0 Å². The van der Waals surface area contributed by atoms with Gasteiger partial charge in [-0.3, -0.25) is 0 Å². The normalized spacial score (nSPS) is 19.7. The summed E-state index contributed by atoms with van der Waals surface area (Å²) in [5, 5.41) is 9.74. The fourth-order valence-electron chi connectivity index (χ4n) is 3.74. The molecule has 22 heavy (non-hydrogen) atoms. The SMILES string of the molecule is c1cc(NC2CCCC2)c2ccnc(N3CCNCC3)c2c1. The topological polar surface area (TPSA) is 40.2 Å². The zero-order chi connectivity index (χ0) is 14.8. The Hall–Kier alpha value is -1.81. The lowest BCUT2D eigenvalue weighted by Gasteiger charge is -2.29. The lowest BCUT2D eigenvalue weighted by atomic mass is 10.1. The van der Waals surface area contributed by atoms with E-state index in [0.29, 0.717) is 6.04 Å². The Balaban J connectivity index is 1.70. The average Bonchev–Trinajstić information content (AvgIpc) is 3.09. The Morgan fingerprint density at radius 3 is 2.68 bits per heavy atom. The quantitative estimate of drug-likeness (QED) is 0.913. The summed E-state index contributed by atoms with van der Waals surface area (Å²) in [6.45, 7) is 4.15. The van der Waals surface area contributed by atoms with E-state index in [9.17, 15) is 0 Å². The van der Waals surface area contributed by atoms with Crippen molar-refractivity contribution in [1.82, 2.24) is 10.3 Å². The van der Waals surface area contributed by atoms with Crippen LogP contribution < -0.4 is 15.5 Å². The van der Waals surface area contributed by atoms with Crippen LogP contribution in [-0.4, -0.2) is 37.2 Å². The van der Waals surface area contributed by atoms with E-state index in [1.165, 1.54) is 42.1 Å². The molecule has 2 heterocycles. The summed E-state index contributed by atoms with van der Waals surface area (Å²) in [6, 6.07) is 9.37. The van der Waals surface area contributed by atoms with Crippen molar-refractivity contribution in [3.05, 3.63) is 30.5 Å². The minimum absolute atomic E-state index is 0.640. The highest BCUT2D eigenvalue weighted by atomic mass is 15.2. The minimum Gasteiger partial charge on any atom is -0.382 e. The van der Waals surface area contributed by atoms with Gasteiger partial charge in [0.05, 0.1) is 0 Å². The van der Waals surface area contributed by atoms with Gasteiger partial charge in [-0.1, -0.05) is 25.0 Å². The van der Waals surface area contributed by atoms with Crippen molar-refractivity contribution < 1.29 is 0 Å². The third kappa shape index (κ3) is 2.63. The molecule has 4 rings (SSSR count). The zero-order valence-electron chi connectivity index (χ0n) is 13.0. The van der Waals surface area contributed by atoms with Crippen molar-refractivity contribution in [1.29, 1.82) is 0 Å². The molecule has 0 radical (unpaired) electrons. The van der Waals surface area contributed by atoms with Crippen LogP contribution in [-0.2, 0) is 0 Å². The molecule has 1 aliphatic carbocycles. The molecule has 4 heteroatoms. The summed E-state index contributed by atoms with van der Waals surface area (Å²) in [7, 11) is 0. The zero-order valence-corrected chi connectivity index (χ0v) is 13.0. The maximum atomic E-state index is 4.67. The highest BCUT2D eigenvalue weighted by molar-refractivity contribution is 6.00. The largest absolute Gasteiger partial charge is 0.382 e. The molecule has 2 N–H and O–H groups in total. The molecule has 2 aliphatic rings. The summed E-state index contributed by atoms with van der Waals surface area (Å²) in [5.74, 6) is 1.13. The van der Waals surface area contributed by atoms with Gasteiger partial charge in [0.25, 0.3) is 0 Å². The summed E-state index contributed by atoms with van der Waals surface area (Å²) in [5.41, 5.74) is 1.27.